The number of rotatable bonds is 7. The highest BCUT2D eigenvalue weighted by Crippen LogP contribution is 2.25. The molecule has 1 aromatic heterocycles. The highest BCUT2D eigenvalue weighted by atomic mass is 32.2. The fourth-order valence-corrected chi connectivity index (χ4v) is 3.75. The van der Waals surface area contributed by atoms with Crippen molar-refractivity contribution in [1.29, 1.82) is 0 Å². The fourth-order valence-electron chi connectivity index (χ4n) is 2.78. The first-order valence-electron chi connectivity index (χ1n) is 9.33. The number of amidine groups is 1. The van der Waals surface area contributed by atoms with Crippen LogP contribution in [0, 0.1) is 0 Å². The molecule has 1 unspecified atom stereocenters. The Labute approximate surface area is 177 Å². The number of ether oxygens (including phenoxy) is 1. The van der Waals surface area contributed by atoms with E-state index < -0.39 is 5.25 Å². The maximum absolute atomic E-state index is 12.4. The van der Waals surface area contributed by atoms with E-state index in [2.05, 4.69) is 15.6 Å². The number of benzene rings is 2. The van der Waals surface area contributed by atoms with E-state index in [9.17, 15) is 9.59 Å². The lowest BCUT2D eigenvalue weighted by Crippen LogP contribution is -2.28. The van der Waals surface area contributed by atoms with Crippen molar-refractivity contribution in [3.8, 4) is 11.5 Å². The normalized spacial score (nSPS) is 17.0. The van der Waals surface area contributed by atoms with Gasteiger partial charge in [0.25, 0.3) is 0 Å². The highest BCUT2D eigenvalue weighted by molar-refractivity contribution is 8.15. The van der Waals surface area contributed by atoms with Crippen molar-refractivity contribution in [1.82, 2.24) is 5.32 Å². The van der Waals surface area contributed by atoms with Crippen LogP contribution in [-0.2, 0) is 16.1 Å². The SMILES string of the molecule is O=C(CC1SC(=NCc2ccco2)NC1=O)Nc1ccc(Oc2ccccc2)cc1. The van der Waals surface area contributed by atoms with Gasteiger partial charge in [-0.15, -0.1) is 0 Å². The van der Waals surface area contributed by atoms with Gasteiger partial charge >= 0.3 is 0 Å². The second-order valence-electron chi connectivity index (χ2n) is 6.49. The Morgan fingerprint density at radius 3 is 2.57 bits per heavy atom. The van der Waals surface area contributed by atoms with Gasteiger partial charge in [-0.05, 0) is 48.5 Å². The molecule has 0 radical (unpaired) electrons. The summed E-state index contributed by atoms with van der Waals surface area (Å²) in [5.41, 5.74) is 0.635. The van der Waals surface area contributed by atoms with Gasteiger partial charge < -0.3 is 19.8 Å². The highest BCUT2D eigenvalue weighted by Gasteiger charge is 2.32. The second-order valence-corrected chi connectivity index (χ2v) is 7.68. The van der Waals surface area contributed by atoms with Gasteiger partial charge in [0.15, 0.2) is 5.17 Å². The van der Waals surface area contributed by atoms with Crippen LogP contribution in [0.2, 0.25) is 0 Å². The molecule has 4 rings (SSSR count). The minimum absolute atomic E-state index is 0.0541. The van der Waals surface area contributed by atoms with E-state index in [0.29, 0.717) is 28.9 Å². The van der Waals surface area contributed by atoms with Gasteiger partial charge in [0, 0.05) is 12.1 Å². The van der Waals surface area contributed by atoms with Crippen molar-refractivity contribution in [3.63, 3.8) is 0 Å². The summed E-state index contributed by atoms with van der Waals surface area (Å²) < 4.78 is 11.0. The molecule has 0 aliphatic carbocycles. The number of carbonyl (C=O) groups is 2. The number of amides is 2. The van der Waals surface area contributed by atoms with Gasteiger partial charge in [-0.25, -0.2) is 0 Å². The lowest BCUT2D eigenvalue weighted by atomic mass is 10.2. The zero-order chi connectivity index (χ0) is 20.8. The number of nitrogens with one attached hydrogen (secondary N) is 2. The Bertz CT molecular complexity index is 1030. The molecule has 2 amide bonds. The quantitative estimate of drug-likeness (QED) is 0.597. The molecule has 8 heteroatoms. The van der Waals surface area contributed by atoms with Gasteiger partial charge in [-0.3, -0.25) is 14.6 Å². The molecule has 1 fully saturated rings. The summed E-state index contributed by atoms with van der Waals surface area (Å²) in [5, 5.41) is 5.49. The Kier molecular flexibility index (Phi) is 6.14. The van der Waals surface area contributed by atoms with Crippen molar-refractivity contribution in [2.24, 2.45) is 4.99 Å². The van der Waals surface area contributed by atoms with Gasteiger partial charge in [0.1, 0.15) is 22.5 Å². The lowest BCUT2D eigenvalue weighted by molar-refractivity contribution is -0.122. The van der Waals surface area contributed by atoms with Crippen molar-refractivity contribution in [2.75, 3.05) is 5.32 Å². The molecule has 2 heterocycles. The lowest BCUT2D eigenvalue weighted by Gasteiger charge is -2.09. The molecule has 0 bridgehead atoms. The molecule has 0 saturated carbocycles. The summed E-state index contributed by atoms with van der Waals surface area (Å²) >= 11 is 1.25. The number of aliphatic imine (C=N–C) groups is 1. The molecular weight excluding hydrogens is 402 g/mol. The molecule has 0 spiro atoms. The van der Waals surface area contributed by atoms with Crippen molar-refractivity contribution < 1.29 is 18.7 Å². The zero-order valence-corrected chi connectivity index (χ0v) is 16.7. The molecule has 30 heavy (non-hydrogen) atoms. The first-order valence-corrected chi connectivity index (χ1v) is 10.2. The molecule has 1 aliphatic rings. The summed E-state index contributed by atoms with van der Waals surface area (Å²) in [6.07, 6.45) is 1.63. The Morgan fingerprint density at radius 1 is 1.07 bits per heavy atom. The standard InChI is InChI=1S/C22H19N3O4S/c26-20(13-19-21(27)25-22(30-19)23-14-18-7-4-12-28-18)24-15-8-10-17(11-9-15)29-16-5-2-1-3-6-16/h1-12,19H,13-14H2,(H,24,26)(H,23,25,27). The largest absolute Gasteiger partial charge is 0.467 e. The van der Waals surface area contributed by atoms with E-state index in [1.807, 2.05) is 36.4 Å². The number of furan rings is 1. The number of hydrogen-bond acceptors (Lipinski definition) is 6. The van der Waals surface area contributed by atoms with E-state index in [1.165, 1.54) is 11.8 Å². The summed E-state index contributed by atoms with van der Waals surface area (Å²) in [6.45, 7) is 0.339. The first kappa shape index (κ1) is 19.8. The minimum atomic E-state index is -0.513. The van der Waals surface area contributed by atoms with Gasteiger partial charge in [-0.1, -0.05) is 30.0 Å². The second kappa shape index (κ2) is 9.32. The van der Waals surface area contributed by atoms with Gasteiger partial charge in [-0.2, -0.15) is 0 Å². The monoisotopic (exact) mass is 421 g/mol. The van der Waals surface area contributed by atoms with Crippen LogP contribution < -0.4 is 15.4 Å². The third-order valence-corrected chi connectivity index (χ3v) is 5.34. The van der Waals surface area contributed by atoms with Crippen LogP contribution in [0.15, 0.2) is 82.4 Å². The van der Waals surface area contributed by atoms with Crippen molar-refractivity contribution in [3.05, 3.63) is 78.8 Å². The third-order valence-electron chi connectivity index (χ3n) is 4.22. The van der Waals surface area contributed by atoms with Crippen LogP contribution in [0.5, 0.6) is 11.5 Å². The van der Waals surface area contributed by atoms with Gasteiger partial charge in [0.05, 0.1) is 12.8 Å². The average molecular weight is 421 g/mol. The summed E-state index contributed by atoms with van der Waals surface area (Å²) in [6, 6.07) is 20.1. The maximum Gasteiger partial charge on any atom is 0.240 e. The van der Waals surface area contributed by atoms with Crippen LogP contribution in [-0.4, -0.2) is 22.2 Å². The summed E-state index contributed by atoms with van der Waals surface area (Å²) in [7, 11) is 0. The van der Waals surface area contributed by atoms with E-state index in [1.54, 1.807) is 36.6 Å². The maximum atomic E-state index is 12.4. The number of hydrogen-bond donors (Lipinski definition) is 2. The molecule has 1 saturated heterocycles. The predicted molar refractivity (Wildman–Crippen MR) is 116 cm³/mol. The molecular formula is C22H19N3O4S. The topological polar surface area (TPSA) is 92.9 Å². The van der Waals surface area contributed by atoms with Crippen LogP contribution in [0.1, 0.15) is 12.2 Å². The number of para-hydroxylation sites is 1. The molecule has 7 nitrogen and oxygen atoms in total. The molecule has 1 aliphatic heterocycles. The fraction of sp³-hybridized carbons (Fsp3) is 0.136. The molecule has 3 aromatic rings. The first-order chi connectivity index (χ1) is 14.7. The average Bonchev–Trinajstić information content (AvgIpc) is 3.39. The number of carbonyl (C=O) groups excluding carboxylic acids is 2. The number of nitrogens with zero attached hydrogens (tertiary/aromatic N) is 1. The Hall–Kier alpha value is -3.52. The van der Waals surface area contributed by atoms with Crippen LogP contribution in [0.4, 0.5) is 5.69 Å². The van der Waals surface area contributed by atoms with E-state index in [-0.39, 0.29) is 18.2 Å². The third kappa shape index (κ3) is 5.30. The van der Waals surface area contributed by atoms with E-state index in [0.717, 1.165) is 5.75 Å². The predicted octanol–water partition coefficient (Wildman–Crippen LogP) is 4.19. The van der Waals surface area contributed by atoms with Gasteiger partial charge in [0.2, 0.25) is 11.8 Å². The Balaban J connectivity index is 1.28. The smallest absolute Gasteiger partial charge is 0.240 e. The number of thioether (sulfide) groups is 1. The van der Waals surface area contributed by atoms with E-state index >= 15 is 0 Å². The summed E-state index contributed by atoms with van der Waals surface area (Å²) in [4.78, 5) is 28.8. The van der Waals surface area contributed by atoms with Crippen LogP contribution in [0.25, 0.3) is 0 Å². The number of anilines is 1. The Morgan fingerprint density at radius 2 is 1.83 bits per heavy atom. The molecule has 2 aromatic carbocycles. The van der Waals surface area contributed by atoms with E-state index in [4.69, 9.17) is 9.15 Å². The van der Waals surface area contributed by atoms with Crippen LogP contribution >= 0.6 is 11.8 Å². The molecule has 2 N–H and O–H groups in total. The van der Waals surface area contributed by atoms with Crippen molar-refractivity contribution >= 4 is 34.4 Å². The minimum Gasteiger partial charge on any atom is -0.467 e. The van der Waals surface area contributed by atoms with Crippen LogP contribution in [0.3, 0.4) is 0 Å². The molecule has 152 valence electrons. The van der Waals surface area contributed by atoms with Crippen molar-refractivity contribution in [2.45, 2.75) is 18.2 Å². The molecule has 1 atom stereocenters. The summed E-state index contributed by atoms with van der Waals surface area (Å²) in [5.74, 6) is 1.65. The zero-order valence-electron chi connectivity index (χ0n) is 15.9.